The molecule has 1 atom stereocenters. The molecular formula is C17H24N2O5. The van der Waals surface area contributed by atoms with Crippen molar-refractivity contribution in [2.45, 2.75) is 32.2 Å². The number of carbonyl (C=O) groups excluding carboxylic acids is 1. The van der Waals surface area contributed by atoms with Crippen LogP contribution in [0.2, 0.25) is 0 Å². The molecule has 0 spiro atoms. The molecule has 2 saturated heterocycles. The van der Waals surface area contributed by atoms with Gasteiger partial charge < -0.3 is 23.8 Å². The van der Waals surface area contributed by atoms with Crippen LogP contribution in [0.15, 0.2) is 23.9 Å². The van der Waals surface area contributed by atoms with Gasteiger partial charge in [-0.2, -0.15) is 5.26 Å². The topological polar surface area (TPSA) is 81.0 Å². The fourth-order valence-corrected chi connectivity index (χ4v) is 2.39. The molecule has 1 unspecified atom stereocenters. The Balaban J connectivity index is 1.74. The summed E-state index contributed by atoms with van der Waals surface area (Å²) >= 11 is 0. The Bertz CT molecular complexity index is 530. The molecule has 2 fully saturated rings. The summed E-state index contributed by atoms with van der Waals surface area (Å²) in [4.78, 5) is 14.1. The minimum atomic E-state index is -0.657. The van der Waals surface area contributed by atoms with E-state index in [0.717, 1.165) is 26.3 Å². The van der Waals surface area contributed by atoms with Crippen molar-refractivity contribution in [2.75, 3.05) is 39.5 Å². The summed E-state index contributed by atoms with van der Waals surface area (Å²) in [6, 6.07) is 1.88. The van der Waals surface area contributed by atoms with Crippen LogP contribution in [-0.2, 0) is 23.7 Å². The van der Waals surface area contributed by atoms with Crippen LogP contribution < -0.4 is 0 Å². The van der Waals surface area contributed by atoms with Gasteiger partial charge in [-0.1, -0.05) is 12.2 Å². The fourth-order valence-electron chi connectivity index (χ4n) is 2.39. The summed E-state index contributed by atoms with van der Waals surface area (Å²) in [6.07, 6.45) is 5.63. The maximum atomic E-state index is 11.9. The Hall–Kier alpha value is -1.88. The molecule has 0 aromatic heterocycles. The first kappa shape index (κ1) is 18.5. The minimum Gasteiger partial charge on any atom is -0.459 e. The highest BCUT2D eigenvalue weighted by Crippen LogP contribution is 2.22. The zero-order valence-electron chi connectivity index (χ0n) is 14.2. The van der Waals surface area contributed by atoms with E-state index >= 15 is 0 Å². The molecule has 7 nitrogen and oxygen atoms in total. The number of esters is 1. The lowest BCUT2D eigenvalue weighted by molar-refractivity contribution is -0.155. The molecular weight excluding hydrogens is 312 g/mol. The average molecular weight is 336 g/mol. The predicted molar refractivity (Wildman–Crippen MR) is 85.7 cm³/mol. The predicted octanol–water partition coefficient (Wildman–Crippen LogP) is 1.37. The highest BCUT2D eigenvalue weighted by Gasteiger charge is 2.33. The van der Waals surface area contributed by atoms with E-state index in [1.807, 2.05) is 18.3 Å². The number of allylic oxidation sites excluding steroid dienone is 2. The van der Waals surface area contributed by atoms with Crippen molar-refractivity contribution in [3.63, 3.8) is 0 Å². The zero-order valence-corrected chi connectivity index (χ0v) is 14.2. The second kappa shape index (κ2) is 8.83. The lowest BCUT2D eigenvalue weighted by Gasteiger charge is -2.24. The molecule has 7 heteroatoms. The first-order valence-electron chi connectivity index (χ1n) is 8.08. The van der Waals surface area contributed by atoms with Crippen LogP contribution in [0, 0.1) is 11.3 Å². The monoisotopic (exact) mass is 336 g/mol. The van der Waals surface area contributed by atoms with Gasteiger partial charge in [0.05, 0.1) is 19.8 Å². The van der Waals surface area contributed by atoms with Crippen molar-refractivity contribution in [1.82, 2.24) is 4.90 Å². The molecule has 0 aromatic rings. The molecule has 2 rings (SSSR count). The zero-order chi connectivity index (χ0) is 17.4. The number of nitriles is 1. The summed E-state index contributed by atoms with van der Waals surface area (Å²) in [5.41, 5.74) is -0.000182. The van der Waals surface area contributed by atoms with Crippen LogP contribution in [-0.4, -0.2) is 62.3 Å². The van der Waals surface area contributed by atoms with Crippen LogP contribution >= 0.6 is 0 Å². The second-order valence-electron chi connectivity index (χ2n) is 6.05. The molecule has 2 heterocycles. The Morgan fingerprint density at radius 2 is 2.17 bits per heavy atom. The number of hydrogen-bond donors (Lipinski definition) is 0. The Morgan fingerprint density at radius 1 is 1.42 bits per heavy atom. The third-order valence-corrected chi connectivity index (χ3v) is 3.63. The van der Waals surface area contributed by atoms with Crippen molar-refractivity contribution in [2.24, 2.45) is 0 Å². The van der Waals surface area contributed by atoms with Gasteiger partial charge in [0, 0.05) is 13.1 Å². The molecule has 0 amide bonds. The first-order valence-corrected chi connectivity index (χ1v) is 8.08. The third kappa shape index (κ3) is 5.96. The maximum absolute atomic E-state index is 11.9. The van der Waals surface area contributed by atoms with Crippen LogP contribution in [0.1, 0.15) is 20.3 Å². The van der Waals surface area contributed by atoms with E-state index in [9.17, 15) is 4.79 Å². The number of hydrogen-bond acceptors (Lipinski definition) is 7. The van der Waals surface area contributed by atoms with Gasteiger partial charge in [0.2, 0.25) is 0 Å². The van der Waals surface area contributed by atoms with E-state index in [2.05, 4.69) is 4.90 Å². The Kier molecular flexibility index (Phi) is 6.79. The lowest BCUT2D eigenvalue weighted by Crippen LogP contribution is -2.31. The Labute approximate surface area is 142 Å². The van der Waals surface area contributed by atoms with Gasteiger partial charge in [-0.05, 0) is 26.5 Å². The molecule has 0 N–H and O–H groups in total. The molecule has 2 aliphatic rings. The van der Waals surface area contributed by atoms with Gasteiger partial charge in [0.25, 0.3) is 0 Å². The van der Waals surface area contributed by atoms with Gasteiger partial charge in [-0.3, -0.25) is 0 Å². The van der Waals surface area contributed by atoms with Crippen LogP contribution in [0.5, 0.6) is 0 Å². The van der Waals surface area contributed by atoms with E-state index < -0.39 is 11.8 Å². The van der Waals surface area contributed by atoms with Crippen LogP contribution in [0.3, 0.4) is 0 Å². The van der Waals surface area contributed by atoms with Crippen molar-refractivity contribution in [3.05, 3.63) is 23.9 Å². The maximum Gasteiger partial charge on any atom is 0.348 e. The molecule has 132 valence electrons. The minimum absolute atomic E-state index is 0.000182. The van der Waals surface area contributed by atoms with Gasteiger partial charge in [-0.25, -0.2) is 4.79 Å². The molecule has 24 heavy (non-hydrogen) atoms. The van der Waals surface area contributed by atoms with Gasteiger partial charge in [0.1, 0.15) is 24.4 Å². The molecule has 0 radical (unpaired) electrons. The number of nitrogens with zero attached hydrogens (tertiary/aromatic N) is 2. The van der Waals surface area contributed by atoms with E-state index in [1.165, 1.54) is 0 Å². The highest BCUT2D eigenvalue weighted by molar-refractivity contribution is 5.92. The number of carbonyl (C=O) groups is 1. The van der Waals surface area contributed by atoms with Crippen molar-refractivity contribution >= 4 is 5.97 Å². The summed E-state index contributed by atoms with van der Waals surface area (Å²) in [5.74, 6) is -1.29. The van der Waals surface area contributed by atoms with Crippen LogP contribution in [0.25, 0.3) is 0 Å². The number of rotatable bonds is 6. The van der Waals surface area contributed by atoms with Crippen molar-refractivity contribution < 1.29 is 23.7 Å². The normalized spacial score (nSPS) is 24.1. The number of ether oxygens (including phenoxy) is 4. The van der Waals surface area contributed by atoms with Gasteiger partial charge in [-0.15, -0.1) is 0 Å². The number of morpholine rings is 1. The summed E-state index contributed by atoms with van der Waals surface area (Å²) in [7, 11) is 0. The molecule has 0 bridgehead atoms. The van der Waals surface area contributed by atoms with Gasteiger partial charge in [0.15, 0.2) is 5.79 Å². The SMILES string of the molecule is CC1(C)OCC(COC(=O)/C(C#N)=C/C/C=C/N2CCOCC2)O1. The second-order valence-corrected chi connectivity index (χ2v) is 6.05. The van der Waals surface area contributed by atoms with Gasteiger partial charge >= 0.3 is 5.97 Å². The van der Waals surface area contributed by atoms with E-state index in [4.69, 9.17) is 24.2 Å². The lowest BCUT2D eigenvalue weighted by atomic mass is 10.2. The Morgan fingerprint density at radius 3 is 2.79 bits per heavy atom. The van der Waals surface area contributed by atoms with Crippen LogP contribution in [0.4, 0.5) is 0 Å². The van der Waals surface area contributed by atoms with Crippen molar-refractivity contribution in [1.29, 1.82) is 5.26 Å². The molecule has 2 aliphatic heterocycles. The largest absolute Gasteiger partial charge is 0.459 e. The average Bonchev–Trinajstić information content (AvgIpc) is 2.93. The standard InChI is InChI=1S/C17H24N2O5/c1-17(2)23-13-15(24-17)12-22-16(20)14(11-18)5-3-4-6-19-7-9-21-10-8-19/h4-6,15H,3,7-10,12-13H2,1-2H3/b6-4+,14-5+. The molecule has 0 saturated carbocycles. The third-order valence-electron chi connectivity index (χ3n) is 3.63. The smallest absolute Gasteiger partial charge is 0.348 e. The van der Waals surface area contributed by atoms with E-state index in [0.29, 0.717) is 13.0 Å². The van der Waals surface area contributed by atoms with E-state index in [-0.39, 0.29) is 18.3 Å². The molecule has 0 aliphatic carbocycles. The fraction of sp³-hybridized carbons (Fsp3) is 0.647. The molecule has 0 aromatic carbocycles. The summed E-state index contributed by atoms with van der Waals surface area (Å²) in [5, 5.41) is 9.09. The quantitative estimate of drug-likeness (QED) is 0.411. The first-order chi connectivity index (χ1) is 11.5. The summed E-state index contributed by atoms with van der Waals surface area (Å²) in [6.45, 7) is 7.20. The summed E-state index contributed by atoms with van der Waals surface area (Å²) < 4.78 is 21.3. The highest BCUT2D eigenvalue weighted by atomic mass is 16.7. The van der Waals surface area contributed by atoms with Crippen molar-refractivity contribution in [3.8, 4) is 6.07 Å². The van der Waals surface area contributed by atoms with E-state index in [1.54, 1.807) is 19.9 Å².